The first kappa shape index (κ1) is 19.6. The Labute approximate surface area is 136 Å². The molecule has 0 radical (unpaired) electrons. The van der Waals surface area contributed by atoms with E-state index in [2.05, 4.69) is 10.1 Å². The Bertz CT molecular complexity index is 562. The van der Waals surface area contributed by atoms with Crippen molar-refractivity contribution in [1.82, 2.24) is 5.32 Å². The van der Waals surface area contributed by atoms with Gasteiger partial charge in [-0.25, -0.2) is 4.79 Å². The van der Waals surface area contributed by atoms with Crippen molar-refractivity contribution in [2.24, 2.45) is 0 Å². The van der Waals surface area contributed by atoms with E-state index in [0.29, 0.717) is 6.42 Å². The average Bonchev–Trinajstić information content (AvgIpc) is 2.50. The first-order valence-electron chi connectivity index (χ1n) is 7.16. The summed E-state index contributed by atoms with van der Waals surface area (Å²) in [4.78, 5) is 22.7. The summed E-state index contributed by atoms with van der Waals surface area (Å²) in [6.45, 7) is -0.260. The third-order valence-electron chi connectivity index (χ3n) is 2.81. The van der Waals surface area contributed by atoms with Crippen molar-refractivity contribution in [3.8, 4) is 11.5 Å². The quantitative estimate of drug-likeness (QED) is 0.715. The zero-order valence-corrected chi connectivity index (χ0v) is 12.9. The number of ether oxygens (including phenoxy) is 2. The van der Waals surface area contributed by atoms with Gasteiger partial charge in [0.15, 0.2) is 24.7 Å². The zero-order valence-electron chi connectivity index (χ0n) is 12.9. The summed E-state index contributed by atoms with van der Waals surface area (Å²) in [6, 6.07) is 4.55. The van der Waals surface area contributed by atoms with Crippen molar-refractivity contribution >= 4 is 11.9 Å². The Kier molecular flexibility index (Phi) is 7.34. The van der Waals surface area contributed by atoms with Crippen LogP contribution in [-0.4, -0.2) is 42.4 Å². The lowest BCUT2D eigenvalue weighted by Gasteiger charge is -2.15. The van der Waals surface area contributed by atoms with Crippen molar-refractivity contribution in [3.05, 3.63) is 24.3 Å². The number of alkyl halides is 3. The van der Waals surface area contributed by atoms with Crippen LogP contribution in [0.3, 0.4) is 0 Å². The summed E-state index contributed by atoms with van der Waals surface area (Å²) in [5.41, 5.74) is 0. The number of halogens is 3. The van der Waals surface area contributed by atoms with Crippen molar-refractivity contribution in [2.75, 3.05) is 13.2 Å². The predicted octanol–water partition coefficient (Wildman–Crippen LogP) is 2.38. The summed E-state index contributed by atoms with van der Waals surface area (Å²) in [5, 5.41) is 11.2. The molecule has 0 aromatic heterocycles. The van der Waals surface area contributed by atoms with Gasteiger partial charge >= 0.3 is 12.1 Å². The fourth-order valence-electron chi connectivity index (χ4n) is 1.77. The van der Waals surface area contributed by atoms with E-state index in [1.807, 2.05) is 0 Å². The topological polar surface area (TPSA) is 84.9 Å². The van der Waals surface area contributed by atoms with Crippen LogP contribution in [0.4, 0.5) is 13.2 Å². The number of nitrogens with one attached hydrogen (secondary N) is 1. The number of rotatable bonds is 9. The molecule has 2 N–H and O–H groups in total. The van der Waals surface area contributed by atoms with Gasteiger partial charge < -0.3 is 19.9 Å². The summed E-state index contributed by atoms with van der Waals surface area (Å²) < 4.78 is 46.3. The number of carbonyl (C=O) groups excluding carboxylic acids is 1. The van der Waals surface area contributed by atoms with Gasteiger partial charge in [-0.2, -0.15) is 13.2 Å². The van der Waals surface area contributed by atoms with Crippen molar-refractivity contribution in [1.29, 1.82) is 0 Å². The van der Waals surface area contributed by atoms with Gasteiger partial charge in [-0.3, -0.25) is 4.79 Å². The van der Waals surface area contributed by atoms with Crippen molar-refractivity contribution in [3.63, 3.8) is 0 Å². The van der Waals surface area contributed by atoms with Gasteiger partial charge in [0.05, 0.1) is 0 Å². The largest absolute Gasteiger partial charge is 0.480 e. The number of aliphatic carboxylic acids is 1. The standard InChI is InChI=1S/C15H18F3NO5/c1-2-5-10(14(21)22)19-13(20)8-23-11-6-3-4-7-12(11)24-9-15(16,17)18/h3-4,6-7,10H,2,5,8-9H2,1H3,(H,19,20)(H,21,22). The molecule has 0 aliphatic carbocycles. The second kappa shape index (κ2) is 8.99. The lowest BCUT2D eigenvalue weighted by molar-refractivity contribution is -0.153. The lowest BCUT2D eigenvalue weighted by atomic mass is 10.2. The van der Waals surface area contributed by atoms with E-state index in [9.17, 15) is 22.8 Å². The van der Waals surface area contributed by atoms with Gasteiger partial charge in [-0.1, -0.05) is 25.5 Å². The fraction of sp³-hybridized carbons (Fsp3) is 0.467. The molecule has 0 aliphatic heterocycles. The van der Waals surface area contributed by atoms with E-state index in [4.69, 9.17) is 9.84 Å². The molecule has 134 valence electrons. The molecule has 6 nitrogen and oxygen atoms in total. The molecule has 1 atom stereocenters. The first-order valence-corrected chi connectivity index (χ1v) is 7.16. The third kappa shape index (κ3) is 7.21. The highest BCUT2D eigenvalue weighted by Gasteiger charge is 2.29. The SMILES string of the molecule is CCCC(NC(=O)COc1ccccc1OCC(F)(F)F)C(=O)O. The molecule has 1 aromatic carbocycles. The maximum absolute atomic E-state index is 12.2. The highest BCUT2D eigenvalue weighted by molar-refractivity contribution is 5.84. The number of benzene rings is 1. The summed E-state index contributed by atoms with van der Waals surface area (Å²) in [6.07, 6.45) is -3.68. The van der Waals surface area contributed by atoms with Gasteiger partial charge in [0.2, 0.25) is 0 Å². The minimum atomic E-state index is -4.50. The Morgan fingerprint density at radius 3 is 2.29 bits per heavy atom. The van der Waals surface area contributed by atoms with Crippen LogP contribution in [0.15, 0.2) is 24.3 Å². The molecule has 1 amide bonds. The Balaban J connectivity index is 2.60. The molecule has 0 bridgehead atoms. The summed E-state index contributed by atoms with van der Waals surface area (Å²) in [5.74, 6) is -2.06. The van der Waals surface area contributed by atoms with Gasteiger partial charge in [0.1, 0.15) is 6.04 Å². The number of carboxylic acids is 1. The van der Waals surface area contributed by atoms with Crippen LogP contribution in [-0.2, 0) is 9.59 Å². The molecule has 0 fully saturated rings. The third-order valence-corrected chi connectivity index (χ3v) is 2.81. The van der Waals surface area contributed by atoms with Crippen LogP contribution >= 0.6 is 0 Å². The minimum absolute atomic E-state index is 0.0423. The van der Waals surface area contributed by atoms with E-state index in [1.54, 1.807) is 6.92 Å². The van der Waals surface area contributed by atoms with E-state index in [-0.39, 0.29) is 17.9 Å². The second-order valence-corrected chi connectivity index (χ2v) is 4.89. The van der Waals surface area contributed by atoms with Crippen LogP contribution in [0.25, 0.3) is 0 Å². The van der Waals surface area contributed by atoms with E-state index in [0.717, 1.165) is 0 Å². The number of para-hydroxylation sites is 2. The molecule has 0 spiro atoms. The number of hydrogen-bond donors (Lipinski definition) is 2. The first-order chi connectivity index (χ1) is 11.2. The molecular formula is C15H18F3NO5. The summed E-state index contributed by atoms with van der Waals surface area (Å²) in [7, 11) is 0. The lowest BCUT2D eigenvalue weighted by Crippen LogP contribution is -2.42. The van der Waals surface area contributed by atoms with Crippen molar-refractivity contribution < 1.29 is 37.3 Å². The smallest absolute Gasteiger partial charge is 0.422 e. The minimum Gasteiger partial charge on any atom is -0.480 e. The number of amides is 1. The second-order valence-electron chi connectivity index (χ2n) is 4.89. The summed E-state index contributed by atoms with van der Waals surface area (Å²) >= 11 is 0. The van der Waals surface area contributed by atoms with Crippen molar-refractivity contribution in [2.45, 2.75) is 32.0 Å². The molecule has 0 aliphatic rings. The molecular weight excluding hydrogens is 331 g/mol. The van der Waals surface area contributed by atoms with Crippen LogP contribution in [0, 0.1) is 0 Å². The highest BCUT2D eigenvalue weighted by atomic mass is 19.4. The molecule has 0 saturated heterocycles. The molecule has 9 heteroatoms. The molecule has 24 heavy (non-hydrogen) atoms. The predicted molar refractivity (Wildman–Crippen MR) is 78.0 cm³/mol. The Morgan fingerprint density at radius 2 is 1.79 bits per heavy atom. The molecule has 0 heterocycles. The number of hydrogen-bond acceptors (Lipinski definition) is 4. The van der Waals surface area contributed by atoms with Crippen LogP contribution in [0.1, 0.15) is 19.8 Å². The number of carboxylic acid groups (broad SMARTS) is 1. The van der Waals surface area contributed by atoms with E-state index in [1.165, 1.54) is 24.3 Å². The average molecular weight is 349 g/mol. The van der Waals surface area contributed by atoms with E-state index < -0.39 is 37.3 Å². The Hall–Kier alpha value is -2.45. The molecule has 1 aromatic rings. The molecule has 1 unspecified atom stereocenters. The molecule has 1 rings (SSSR count). The van der Waals surface area contributed by atoms with Crippen LogP contribution in [0.5, 0.6) is 11.5 Å². The fourth-order valence-corrected chi connectivity index (χ4v) is 1.77. The Morgan fingerprint density at radius 1 is 1.21 bits per heavy atom. The normalized spacial score (nSPS) is 12.3. The monoisotopic (exact) mass is 349 g/mol. The van der Waals surface area contributed by atoms with E-state index >= 15 is 0 Å². The van der Waals surface area contributed by atoms with Gasteiger partial charge in [0, 0.05) is 0 Å². The highest BCUT2D eigenvalue weighted by Crippen LogP contribution is 2.28. The van der Waals surface area contributed by atoms with Gasteiger partial charge in [-0.15, -0.1) is 0 Å². The van der Waals surface area contributed by atoms with Crippen LogP contribution in [0.2, 0.25) is 0 Å². The van der Waals surface area contributed by atoms with Gasteiger partial charge in [0.25, 0.3) is 5.91 Å². The maximum Gasteiger partial charge on any atom is 0.422 e. The van der Waals surface area contributed by atoms with Gasteiger partial charge in [-0.05, 0) is 18.6 Å². The number of carbonyl (C=O) groups is 2. The van der Waals surface area contributed by atoms with Crippen LogP contribution < -0.4 is 14.8 Å². The molecule has 0 saturated carbocycles. The maximum atomic E-state index is 12.2. The zero-order chi connectivity index (χ0) is 18.2.